The highest BCUT2D eigenvalue weighted by Crippen LogP contribution is 2.23. The monoisotopic (exact) mass is 440 g/mol. The highest BCUT2D eigenvalue weighted by Gasteiger charge is 2.13. The number of thiazole rings is 1. The molecule has 31 heavy (non-hydrogen) atoms. The van der Waals surface area contributed by atoms with E-state index in [1.807, 2.05) is 49.4 Å². The molecule has 6 nitrogen and oxygen atoms in total. The second kappa shape index (κ2) is 10.4. The largest absolute Gasteiger partial charge is 0.494 e. The molecule has 164 valence electrons. The third kappa shape index (κ3) is 5.82. The molecule has 1 amide bonds. The van der Waals surface area contributed by atoms with E-state index >= 15 is 0 Å². The molecule has 0 atom stereocenters. The summed E-state index contributed by atoms with van der Waals surface area (Å²) in [5, 5.41) is 0. The van der Waals surface area contributed by atoms with Crippen LogP contribution in [0.1, 0.15) is 44.7 Å². The Balaban J connectivity index is 1.94. The Morgan fingerprint density at radius 3 is 2.45 bits per heavy atom. The number of rotatable bonds is 8. The van der Waals surface area contributed by atoms with Crippen LogP contribution in [0, 0.1) is 0 Å². The second-order valence-corrected chi connectivity index (χ2v) is 8.43. The Kier molecular flexibility index (Phi) is 7.63. The zero-order chi connectivity index (χ0) is 22.4. The van der Waals surface area contributed by atoms with E-state index in [4.69, 9.17) is 9.47 Å². The van der Waals surface area contributed by atoms with Gasteiger partial charge in [0.25, 0.3) is 5.91 Å². The van der Waals surface area contributed by atoms with Gasteiger partial charge in [-0.1, -0.05) is 49.4 Å². The summed E-state index contributed by atoms with van der Waals surface area (Å²) in [6, 6.07) is 13.7. The van der Waals surface area contributed by atoms with Gasteiger partial charge < -0.3 is 14.0 Å². The van der Waals surface area contributed by atoms with Gasteiger partial charge >= 0.3 is 5.97 Å². The third-order valence-electron chi connectivity index (χ3n) is 4.78. The van der Waals surface area contributed by atoms with Gasteiger partial charge in [0.15, 0.2) is 4.80 Å². The Bertz CT molecular complexity index is 1130. The lowest BCUT2D eigenvalue weighted by Gasteiger charge is -2.07. The molecule has 7 heteroatoms. The van der Waals surface area contributed by atoms with Crippen molar-refractivity contribution in [2.24, 2.45) is 4.99 Å². The minimum Gasteiger partial charge on any atom is -0.494 e. The number of esters is 1. The van der Waals surface area contributed by atoms with Crippen LogP contribution in [0.15, 0.2) is 47.5 Å². The molecule has 0 aliphatic rings. The minimum atomic E-state index is -0.366. The van der Waals surface area contributed by atoms with Gasteiger partial charge in [0.2, 0.25) is 0 Å². The van der Waals surface area contributed by atoms with E-state index in [9.17, 15) is 9.59 Å². The lowest BCUT2D eigenvalue weighted by atomic mass is 10.0. The molecule has 3 rings (SSSR count). The number of fused-ring (bicyclic) bond motifs is 1. The number of carbonyl (C=O) groups is 2. The molecule has 0 saturated carbocycles. The number of nitrogens with zero attached hydrogens (tertiary/aromatic N) is 2. The average molecular weight is 441 g/mol. The maximum absolute atomic E-state index is 12.7. The van der Waals surface area contributed by atoms with Gasteiger partial charge in [0, 0.05) is 0 Å². The van der Waals surface area contributed by atoms with Crippen molar-refractivity contribution in [1.29, 1.82) is 0 Å². The maximum atomic E-state index is 12.7. The molecule has 0 aliphatic carbocycles. The zero-order valence-corrected chi connectivity index (χ0v) is 19.2. The fraction of sp³-hybridized carbons (Fsp3) is 0.375. The number of benzene rings is 2. The summed E-state index contributed by atoms with van der Waals surface area (Å²) in [5.74, 6) is 0.555. The Labute approximate surface area is 186 Å². The molecule has 0 N–H and O–H groups in total. The zero-order valence-electron chi connectivity index (χ0n) is 18.4. The molecule has 2 aromatic carbocycles. The topological polar surface area (TPSA) is 69.9 Å². The fourth-order valence-corrected chi connectivity index (χ4v) is 4.30. The number of amides is 1. The molecule has 0 aliphatic heterocycles. The van der Waals surface area contributed by atoms with Gasteiger partial charge in [0.05, 0.1) is 29.9 Å². The van der Waals surface area contributed by atoms with E-state index in [-0.39, 0.29) is 24.8 Å². The summed E-state index contributed by atoms with van der Waals surface area (Å²) in [6.45, 7) is 8.82. The second-order valence-electron chi connectivity index (χ2n) is 7.42. The SMILES string of the molecule is CCOC(=O)Cn1c(=NC(=O)Cc2ccc(C(C)C)cc2)sc2cc(OCC)ccc21. The summed E-state index contributed by atoms with van der Waals surface area (Å²) in [6.07, 6.45) is 0.205. The normalized spacial score (nSPS) is 11.8. The Morgan fingerprint density at radius 1 is 1.06 bits per heavy atom. The number of hydrogen-bond acceptors (Lipinski definition) is 5. The van der Waals surface area contributed by atoms with Crippen molar-refractivity contribution in [2.45, 2.75) is 46.6 Å². The first-order valence-electron chi connectivity index (χ1n) is 10.5. The van der Waals surface area contributed by atoms with Crippen molar-refractivity contribution in [3.8, 4) is 5.75 Å². The lowest BCUT2D eigenvalue weighted by molar-refractivity contribution is -0.143. The number of aromatic nitrogens is 1. The molecule has 1 heterocycles. The summed E-state index contributed by atoms with van der Waals surface area (Å²) in [7, 11) is 0. The van der Waals surface area contributed by atoms with E-state index in [0.29, 0.717) is 23.9 Å². The molecule has 0 unspecified atom stereocenters. The molecule has 0 spiro atoms. The molecular weight excluding hydrogens is 412 g/mol. The Morgan fingerprint density at radius 2 is 1.81 bits per heavy atom. The quantitative estimate of drug-likeness (QED) is 0.485. The molecule has 0 fully saturated rings. The third-order valence-corrected chi connectivity index (χ3v) is 5.82. The van der Waals surface area contributed by atoms with Gasteiger partial charge in [-0.15, -0.1) is 0 Å². The molecular formula is C24H28N2O4S. The van der Waals surface area contributed by atoms with E-state index in [1.54, 1.807) is 11.5 Å². The van der Waals surface area contributed by atoms with Gasteiger partial charge in [-0.25, -0.2) is 0 Å². The van der Waals surface area contributed by atoms with Gasteiger partial charge in [-0.3, -0.25) is 9.59 Å². The summed E-state index contributed by atoms with van der Waals surface area (Å²) in [5.41, 5.74) is 2.96. The lowest BCUT2D eigenvalue weighted by Crippen LogP contribution is -2.23. The van der Waals surface area contributed by atoms with Crippen LogP contribution in [0.2, 0.25) is 0 Å². The van der Waals surface area contributed by atoms with E-state index < -0.39 is 0 Å². The minimum absolute atomic E-state index is 0.00296. The van der Waals surface area contributed by atoms with Crippen LogP contribution in [-0.2, 0) is 27.3 Å². The summed E-state index contributed by atoms with van der Waals surface area (Å²) < 4.78 is 13.3. The molecule has 1 aromatic heterocycles. The number of hydrogen-bond donors (Lipinski definition) is 0. The fourth-order valence-electron chi connectivity index (χ4n) is 3.23. The van der Waals surface area contributed by atoms with Crippen molar-refractivity contribution in [3.05, 3.63) is 58.4 Å². The molecule has 0 saturated heterocycles. The van der Waals surface area contributed by atoms with Gasteiger partial charge in [-0.05, 0) is 49.1 Å². The van der Waals surface area contributed by atoms with Crippen molar-refractivity contribution in [2.75, 3.05) is 13.2 Å². The predicted octanol–water partition coefficient (Wildman–Crippen LogP) is 4.46. The predicted molar refractivity (Wildman–Crippen MR) is 122 cm³/mol. The van der Waals surface area contributed by atoms with Crippen LogP contribution < -0.4 is 9.54 Å². The first kappa shape index (κ1) is 22.7. The van der Waals surface area contributed by atoms with Crippen molar-refractivity contribution >= 4 is 33.4 Å². The highest BCUT2D eigenvalue weighted by molar-refractivity contribution is 7.16. The van der Waals surface area contributed by atoms with Crippen molar-refractivity contribution in [3.63, 3.8) is 0 Å². The van der Waals surface area contributed by atoms with Crippen molar-refractivity contribution in [1.82, 2.24) is 4.57 Å². The van der Waals surface area contributed by atoms with Gasteiger partial charge in [0.1, 0.15) is 12.3 Å². The average Bonchev–Trinajstić information content (AvgIpc) is 3.04. The summed E-state index contributed by atoms with van der Waals surface area (Å²) >= 11 is 1.36. The van der Waals surface area contributed by atoms with E-state index in [0.717, 1.165) is 21.5 Å². The first-order valence-corrected chi connectivity index (χ1v) is 11.3. The smallest absolute Gasteiger partial charge is 0.326 e. The first-order chi connectivity index (χ1) is 14.9. The standard InChI is InChI=1S/C24H28N2O4S/c1-5-29-19-11-12-20-21(14-19)31-24(26(20)15-23(28)30-6-2)25-22(27)13-17-7-9-18(10-8-17)16(3)4/h7-12,14,16H,5-6,13,15H2,1-4H3. The van der Waals surface area contributed by atoms with Crippen LogP contribution in [-0.4, -0.2) is 29.7 Å². The van der Waals surface area contributed by atoms with Crippen LogP contribution in [0.25, 0.3) is 10.2 Å². The highest BCUT2D eigenvalue weighted by atomic mass is 32.1. The van der Waals surface area contributed by atoms with Crippen LogP contribution in [0.3, 0.4) is 0 Å². The number of ether oxygens (including phenoxy) is 2. The van der Waals surface area contributed by atoms with Crippen molar-refractivity contribution < 1.29 is 19.1 Å². The molecule has 3 aromatic rings. The van der Waals surface area contributed by atoms with Crippen LogP contribution >= 0.6 is 11.3 Å². The van der Waals surface area contributed by atoms with Crippen LogP contribution in [0.5, 0.6) is 5.75 Å². The Hall–Kier alpha value is -2.93. The molecule has 0 radical (unpaired) electrons. The van der Waals surface area contributed by atoms with E-state index in [1.165, 1.54) is 16.9 Å². The van der Waals surface area contributed by atoms with Crippen LogP contribution in [0.4, 0.5) is 0 Å². The molecule has 0 bridgehead atoms. The van der Waals surface area contributed by atoms with Gasteiger partial charge in [-0.2, -0.15) is 4.99 Å². The summed E-state index contributed by atoms with van der Waals surface area (Å²) in [4.78, 5) is 29.7. The number of carbonyl (C=O) groups excluding carboxylic acids is 2. The van der Waals surface area contributed by atoms with E-state index in [2.05, 4.69) is 18.8 Å². The maximum Gasteiger partial charge on any atom is 0.326 e.